The lowest BCUT2D eigenvalue weighted by Gasteiger charge is -2.08. The molecule has 148 valence electrons. The van der Waals surface area contributed by atoms with Crippen LogP contribution in [0.1, 0.15) is 5.56 Å². The summed E-state index contributed by atoms with van der Waals surface area (Å²) in [6.07, 6.45) is 0. The summed E-state index contributed by atoms with van der Waals surface area (Å²) in [5.41, 5.74) is 3.39. The molecule has 0 radical (unpaired) electrons. The highest BCUT2D eigenvalue weighted by atomic mass is 32.2. The summed E-state index contributed by atoms with van der Waals surface area (Å²) in [6.45, 7) is 2.03. The maximum Gasteiger partial charge on any atom is 0.288 e. The van der Waals surface area contributed by atoms with E-state index >= 15 is 0 Å². The fraction of sp³-hybridized carbons (Fsp3) is 0.150. The first-order valence-electron chi connectivity index (χ1n) is 8.72. The average molecular weight is 431 g/mol. The highest BCUT2D eigenvalue weighted by Crippen LogP contribution is 2.27. The van der Waals surface area contributed by atoms with E-state index in [1.807, 2.05) is 41.7 Å². The molecule has 0 aliphatic rings. The molecular formula is C20H16F2N4OS2. The van der Waals surface area contributed by atoms with Gasteiger partial charge in [0.2, 0.25) is 5.91 Å². The molecule has 1 N–H and O–H groups in total. The number of nitrogens with one attached hydrogen (secondary N) is 1. The fourth-order valence-electron chi connectivity index (χ4n) is 3.02. The van der Waals surface area contributed by atoms with Gasteiger partial charge in [-0.2, -0.15) is 8.78 Å². The van der Waals surface area contributed by atoms with Crippen molar-refractivity contribution in [3.8, 4) is 0 Å². The number of benzene rings is 2. The molecule has 9 heteroatoms. The van der Waals surface area contributed by atoms with Crippen LogP contribution in [0.25, 0.3) is 16.6 Å². The number of alkyl halides is 2. The van der Waals surface area contributed by atoms with Crippen molar-refractivity contribution in [3.05, 3.63) is 60.2 Å². The average Bonchev–Trinajstić information content (AvgIpc) is 3.11. The third kappa shape index (κ3) is 4.35. The van der Waals surface area contributed by atoms with Crippen LogP contribution in [-0.2, 0) is 4.79 Å². The molecule has 1 amide bonds. The number of nitrogens with zero attached hydrogens (tertiary/aromatic N) is 3. The third-order valence-electron chi connectivity index (χ3n) is 4.27. The molecule has 29 heavy (non-hydrogen) atoms. The molecule has 5 nitrogen and oxygen atoms in total. The third-order valence-corrected chi connectivity index (χ3v) is 5.92. The van der Waals surface area contributed by atoms with Crippen molar-refractivity contribution in [2.45, 2.75) is 22.7 Å². The number of aromatic nitrogens is 3. The van der Waals surface area contributed by atoms with E-state index in [0.717, 1.165) is 22.1 Å². The van der Waals surface area contributed by atoms with Crippen molar-refractivity contribution in [1.29, 1.82) is 0 Å². The first-order valence-corrected chi connectivity index (χ1v) is 10.6. The van der Waals surface area contributed by atoms with Crippen LogP contribution in [0.2, 0.25) is 0 Å². The van der Waals surface area contributed by atoms with E-state index in [1.165, 1.54) is 11.8 Å². The molecule has 0 saturated heterocycles. The monoisotopic (exact) mass is 430 g/mol. The van der Waals surface area contributed by atoms with Gasteiger partial charge < -0.3 is 5.32 Å². The zero-order valence-electron chi connectivity index (χ0n) is 15.3. The zero-order valence-corrected chi connectivity index (χ0v) is 16.9. The number of hydrogen-bond donors (Lipinski definition) is 1. The summed E-state index contributed by atoms with van der Waals surface area (Å²) in [5.74, 6) is -2.53. The van der Waals surface area contributed by atoms with Crippen LogP contribution < -0.4 is 5.32 Å². The van der Waals surface area contributed by atoms with Gasteiger partial charge in [0.25, 0.3) is 5.76 Å². The van der Waals surface area contributed by atoms with Crippen LogP contribution in [-0.4, -0.2) is 32.0 Å². The zero-order chi connectivity index (χ0) is 20.4. The first kappa shape index (κ1) is 19.7. The minimum Gasteiger partial charge on any atom is -0.325 e. The molecule has 2 aromatic carbocycles. The second kappa shape index (κ2) is 8.38. The van der Waals surface area contributed by atoms with E-state index in [1.54, 1.807) is 24.3 Å². The van der Waals surface area contributed by atoms with Gasteiger partial charge in [-0.1, -0.05) is 41.7 Å². The number of hydrogen-bond acceptors (Lipinski definition) is 5. The van der Waals surface area contributed by atoms with Gasteiger partial charge in [-0.3, -0.25) is 9.20 Å². The fourth-order valence-corrected chi connectivity index (χ4v) is 4.27. The Balaban J connectivity index is 1.47. The Kier molecular flexibility index (Phi) is 5.68. The number of para-hydroxylation sites is 1. The molecule has 0 bridgehead atoms. The van der Waals surface area contributed by atoms with E-state index in [9.17, 15) is 13.6 Å². The molecule has 2 aromatic heterocycles. The molecular weight excluding hydrogens is 414 g/mol. The van der Waals surface area contributed by atoms with Crippen molar-refractivity contribution in [2.24, 2.45) is 0 Å². The Bertz CT molecular complexity index is 1180. The molecule has 4 aromatic rings. The van der Waals surface area contributed by atoms with Crippen molar-refractivity contribution in [1.82, 2.24) is 14.6 Å². The van der Waals surface area contributed by atoms with Gasteiger partial charge in [-0.05, 0) is 48.9 Å². The van der Waals surface area contributed by atoms with Crippen LogP contribution in [0, 0.1) is 6.92 Å². The van der Waals surface area contributed by atoms with Crippen LogP contribution in [0.5, 0.6) is 0 Å². The number of carbonyl (C=O) groups excluding carboxylic acids is 1. The van der Waals surface area contributed by atoms with Crippen molar-refractivity contribution >= 4 is 51.7 Å². The van der Waals surface area contributed by atoms with Gasteiger partial charge in [0.1, 0.15) is 0 Å². The molecule has 0 unspecified atom stereocenters. The molecule has 0 atom stereocenters. The molecule has 2 heterocycles. The lowest BCUT2D eigenvalue weighted by molar-refractivity contribution is -0.113. The number of rotatable bonds is 6. The minimum atomic E-state index is -2.47. The number of pyridine rings is 1. The predicted octanol–water partition coefficient (Wildman–Crippen LogP) is 5.24. The lowest BCUT2D eigenvalue weighted by Crippen LogP contribution is -2.14. The lowest BCUT2D eigenvalue weighted by atomic mass is 10.1. The second-order valence-corrected chi connectivity index (χ2v) is 8.27. The Morgan fingerprint density at radius 2 is 1.90 bits per heavy atom. The number of amides is 1. The number of aryl methyl sites for hydroxylation is 1. The molecule has 0 fully saturated rings. The standard InChI is InChI=1S/C20H16F2N4OS2/c1-12-10-17-24-25-20(26(17)16-5-3-2-4-15(12)16)28-11-18(27)23-13-6-8-14(9-7-13)29-19(21)22/h2-10,19H,11H2,1H3,(H,23,27). The van der Waals surface area contributed by atoms with Crippen LogP contribution in [0.4, 0.5) is 14.5 Å². The largest absolute Gasteiger partial charge is 0.325 e. The van der Waals surface area contributed by atoms with E-state index in [4.69, 9.17) is 0 Å². The Morgan fingerprint density at radius 3 is 2.66 bits per heavy atom. The topological polar surface area (TPSA) is 59.3 Å². The maximum atomic E-state index is 12.4. The molecule has 0 spiro atoms. The van der Waals surface area contributed by atoms with Crippen LogP contribution in [0.3, 0.4) is 0 Å². The van der Waals surface area contributed by atoms with Crippen LogP contribution in [0.15, 0.2) is 64.6 Å². The molecule has 4 rings (SSSR count). The molecule has 0 saturated carbocycles. The highest BCUT2D eigenvalue weighted by molar-refractivity contribution is 8.00. The van der Waals surface area contributed by atoms with Gasteiger partial charge >= 0.3 is 0 Å². The number of anilines is 1. The van der Waals surface area contributed by atoms with E-state index < -0.39 is 5.76 Å². The number of fused-ring (bicyclic) bond motifs is 3. The smallest absolute Gasteiger partial charge is 0.288 e. The Labute approximate surface area is 173 Å². The normalized spacial score (nSPS) is 11.4. The predicted molar refractivity (Wildman–Crippen MR) is 113 cm³/mol. The summed E-state index contributed by atoms with van der Waals surface area (Å²) >= 11 is 1.76. The summed E-state index contributed by atoms with van der Waals surface area (Å²) in [6, 6.07) is 16.3. The highest BCUT2D eigenvalue weighted by Gasteiger charge is 2.13. The Morgan fingerprint density at radius 1 is 1.14 bits per heavy atom. The quantitative estimate of drug-likeness (QED) is 0.424. The summed E-state index contributed by atoms with van der Waals surface area (Å²) in [4.78, 5) is 12.8. The molecule has 0 aliphatic carbocycles. The summed E-state index contributed by atoms with van der Waals surface area (Å²) in [5, 5.41) is 13.0. The van der Waals surface area contributed by atoms with Gasteiger partial charge in [0.15, 0.2) is 10.8 Å². The Hall–Kier alpha value is -2.65. The van der Waals surface area contributed by atoms with E-state index in [-0.39, 0.29) is 11.7 Å². The van der Waals surface area contributed by atoms with E-state index in [0.29, 0.717) is 27.5 Å². The van der Waals surface area contributed by atoms with Crippen molar-refractivity contribution in [3.63, 3.8) is 0 Å². The minimum absolute atomic E-state index is 0.149. The van der Waals surface area contributed by atoms with Crippen LogP contribution >= 0.6 is 23.5 Å². The SMILES string of the molecule is Cc1cc2nnc(SCC(=O)Nc3ccc(SC(F)F)cc3)n2c2ccccc12. The van der Waals surface area contributed by atoms with Gasteiger partial charge in [0, 0.05) is 16.0 Å². The first-order chi connectivity index (χ1) is 14.0. The number of halogens is 2. The summed E-state index contributed by atoms with van der Waals surface area (Å²) in [7, 11) is 0. The van der Waals surface area contributed by atoms with Gasteiger partial charge in [-0.15, -0.1) is 10.2 Å². The number of thioether (sulfide) groups is 2. The molecule has 0 aliphatic heterocycles. The van der Waals surface area contributed by atoms with Gasteiger partial charge in [-0.25, -0.2) is 0 Å². The van der Waals surface area contributed by atoms with Gasteiger partial charge in [0.05, 0.1) is 11.3 Å². The maximum absolute atomic E-state index is 12.4. The van der Waals surface area contributed by atoms with Crippen molar-refractivity contribution < 1.29 is 13.6 Å². The summed E-state index contributed by atoms with van der Waals surface area (Å²) < 4.78 is 26.7. The van der Waals surface area contributed by atoms with Crippen molar-refractivity contribution in [2.75, 3.05) is 11.1 Å². The second-order valence-electron chi connectivity index (χ2n) is 6.26. The number of carbonyl (C=O) groups is 1. The van der Waals surface area contributed by atoms with E-state index in [2.05, 4.69) is 15.5 Å².